The Balaban J connectivity index is 1.96. The van der Waals surface area contributed by atoms with E-state index in [4.69, 9.17) is 34.8 Å². The lowest BCUT2D eigenvalue weighted by Crippen LogP contribution is -2.31. The number of nitrogens with one attached hydrogen (secondary N) is 1. The largest absolute Gasteiger partial charge is 0.283 e. The lowest BCUT2D eigenvalue weighted by Gasteiger charge is -2.09. The van der Waals surface area contributed by atoms with Crippen molar-refractivity contribution in [2.75, 3.05) is 0 Å². The molecule has 10 heteroatoms. The highest BCUT2D eigenvalue weighted by molar-refractivity contribution is 9.10. The minimum Gasteiger partial charge on any atom is -0.266 e. The number of sulfonamides is 1. The van der Waals surface area contributed by atoms with E-state index in [0.29, 0.717) is 21.9 Å². The van der Waals surface area contributed by atoms with Crippen molar-refractivity contribution in [3.8, 4) is 0 Å². The summed E-state index contributed by atoms with van der Waals surface area (Å²) >= 11 is 21.5. The molecule has 0 bridgehead atoms. The molecule has 0 radical (unpaired) electrons. The molecule has 0 saturated heterocycles. The van der Waals surface area contributed by atoms with Crippen LogP contribution in [0.15, 0.2) is 74.2 Å². The van der Waals surface area contributed by atoms with E-state index in [1.807, 2.05) is 4.72 Å². The first kappa shape index (κ1) is 22.1. The third kappa shape index (κ3) is 4.44. The van der Waals surface area contributed by atoms with Gasteiger partial charge in [0.15, 0.2) is 0 Å². The van der Waals surface area contributed by atoms with Gasteiger partial charge in [-0.2, -0.15) is 0 Å². The van der Waals surface area contributed by atoms with Crippen LogP contribution in [-0.2, 0) is 14.8 Å². The number of nitrogens with zero attached hydrogens (tertiary/aromatic N) is 1. The number of halogens is 4. The molecular weight excluding hydrogens is 523 g/mol. The highest BCUT2D eigenvalue weighted by Gasteiger charge is 2.28. The predicted octanol–water partition coefficient (Wildman–Crippen LogP) is 5.55. The van der Waals surface area contributed by atoms with Gasteiger partial charge in [-0.25, -0.2) is 18.1 Å². The molecule has 0 saturated carbocycles. The average Bonchev–Trinajstić information content (AvgIpc) is 3.07. The summed E-state index contributed by atoms with van der Waals surface area (Å²) in [5, 5.41) is 0.602. The topological polar surface area (TPSA) is 75.6 Å². The summed E-state index contributed by atoms with van der Waals surface area (Å²) in [5.41, 5.74) is 1.47. The Kier molecular flexibility index (Phi) is 6.55. The number of benzene rings is 2. The summed E-state index contributed by atoms with van der Waals surface area (Å²) in [6.45, 7) is 1.76. The van der Waals surface area contributed by atoms with E-state index in [1.54, 1.807) is 37.3 Å². The molecule has 0 fully saturated rings. The number of rotatable bonds is 4. The van der Waals surface area contributed by atoms with Crippen LogP contribution >= 0.6 is 50.7 Å². The van der Waals surface area contributed by atoms with Crippen molar-refractivity contribution in [1.82, 2.24) is 4.72 Å². The standard InChI is InChI=1S/C19H12BrCl3N2O3S/c1-2-10-9-15(24-17(10)11-5-3-7-13(21)16(11)23)19(26)25-29(27,28)18-12(20)6-4-8-14(18)22/h2-9H,1H3,(H,25,26)/b10-2+. The summed E-state index contributed by atoms with van der Waals surface area (Å²) in [4.78, 5) is 16.7. The van der Waals surface area contributed by atoms with E-state index in [2.05, 4.69) is 20.9 Å². The lowest BCUT2D eigenvalue weighted by molar-refractivity contribution is -0.115. The van der Waals surface area contributed by atoms with Gasteiger partial charge in [-0.1, -0.05) is 59.1 Å². The Hall–Kier alpha value is -1.64. The van der Waals surface area contributed by atoms with Crippen LogP contribution in [0, 0.1) is 0 Å². The number of allylic oxidation sites excluding steroid dienone is 3. The van der Waals surface area contributed by atoms with Crippen molar-refractivity contribution in [3.05, 3.63) is 84.9 Å². The first-order chi connectivity index (χ1) is 13.7. The molecule has 0 spiro atoms. The van der Waals surface area contributed by atoms with Gasteiger partial charge >= 0.3 is 0 Å². The van der Waals surface area contributed by atoms with E-state index in [0.717, 1.165) is 0 Å². The summed E-state index contributed by atoms with van der Waals surface area (Å²) < 4.78 is 27.6. The number of amides is 1. The first-order valence-electron chi connectivity index (χ1n) is 8.08. The summed E-state index contributed by atoms with van der Waals surface area (Å²) in [6, 6.07) is 9.55. The van der Waals surface area contributed by atoms with Crippen molar-refractivity contribution in [3.63, 3.8) is 0 Å². The quantitative estimate of drug-likeness (QED) is 0.559. The highest BCUT2D eigenvalue weighted by atomic mass is 79.9. The summed E-state index contributed by atoms with van der Waals surface area (Å²) in [7, 11) is -4.23. The molecule has 0 aliphatic carbocycles. The molecule has 0 unspecified atom stereocenters. The minimum atomic E-state index is -4.23. The lowest BCUT2D eigenvalue weighted by atomic mass is 10.0. The predicted molar refractivity (Wildman–Crippen MR) is 119 cm³/mol. The smallest absolute Gasteiger partial charge is 0.266 e. The van der Waals surface area contributed by atoms with Crippen LogP contribution in [0.25, 0.3) is 0 Å². The number of hydrogen-bond acceptors (Lipinski definition) is 4. The van der Waals surface area contributed by atoms with Crippen LogP contribution in [0.2, 0.25) is 15.1 Å². The van der Waals surface area contributed by atoms with Crippen molar-refractivity contribution in [2.45, 2.75) is 11.8 Å². The Morgan fingerprint density at radius 1 is 1.10 bits per heavy atom. The van der Waals surface area contributed by atoms with Crippen molar-refractivity contribution in [1.29, 1.82) is 0 Å². The van der Waals surface area contributed by atoms with E-state index < -0.39 is 15.9 Å². The van der Waals surface area contributed by atoms with Crippen LogP contribution in [-0.4, -0.2) is 20.0 Å². The molecule has 0 aromatic heterocycles. The number of carbonyl (C=O) groups excluding carboxylic acids is 1. The fourth-order valence-corrected chi connectivity index (χ4v) is 5.73. The maximum atomic E-state index is 12.7. The average molecular weight is 535 g/mol. The molecule has 1 aliphatic rings. The van der Waals surface area contributed by atoms with Gasteiger partial charge in [-0.15, -0.1) is 0 Å². The fraction of sp³-hybridized carbons (Fsp3) is 0.0526. The maximum Gasteiger partial charge on any atom is 0.283 e. The molecule has 1 aliphatic heterocycles. The normalized spacial score (nSPS) is 15.3. The van der Waals surface area contributed by atoms with Crippen LogP contribution in [0.3, 0.4) is 0 Å². The molecule has 1 N–H and O–H groups in total. The van der Waals surface area contributed by atoms with Gasteiger partial charge in [0.2, 0.25) is 0 Å². The Bertz CT molecular complexity index is 1200. The molecular formula is C19H12BrCl3N2O3S. The van der Waals surface area contributed by atoms with E-state index >= 15 is 0 Å². The highest BCUT2D eigenvalue weighted by Crippen LogP contribution is 2.32. The fourth-order valence-electron chi connectivity index (χ4n) is 2.64. The third-order valence-electron chi connectivity index (χ3n) is 3.96. The Morgan fingerprint density at radius 3 is 2.41 bits per heavy atom. The minimum absolute atomic E-state index is 0.0240. The van der Waals surface area contributed by atoms with E-state index in [-0.39, 0.29) is 25.1 Å². The van der Waals surface area contributed by atoms with Gasteiger partial charge < -0.3 is 0 Å². The molecule has 1 amide bonds. The second-order valence-corrected chi connectivity index (χ2v) is 9.49. The summed E-state index contributed by atoms with van der Waals surface area (Å²) in [6.07, 6.45) is 3.20. The zero-order valence-corrected chi connectivity index (χ0v) is 19.4. The van der Waals surface area contributed by atoms with Gasteiger partial charge in [0.25, 0.3) is 15.9 Å². The van der Waals surface area contributed by atoms with Gasteiger partial charge in [0.1, 0.15) is 10.6 Å². The molecule has 5 nitrogen and oxygen atoms in total. The van der Waals surface area contributed by atoms with Gasteiger partial charge in [-0.05, 0) is 52.7 Å². The zero-order chi connectivity index (χ0) is 21.3. The molecule has 1 heterocycles. The van der Waals surface area contributed by atoms with E-state index in [1.165, 1.54) is 18.2 Å². The monoisotopic (exact) mass is 532 g/mol. The second-order valence-electron chi connectivity index (χ2n) is 5.82. The van der Waals surface area contributed by atoms with Crippen molar-refractivity contribution in [2.24, 2.45) is 4.99 Å². The SMILES string of the molecule is C/C=C1\C=C(C(=O)NS(=O)(=O)c2c(Cl)cccc2Br)N=C1c1cccc(Cl)c1Cl. The van der Waals surface area contributed by atoms with Crippen LogP contribution in [0.1, 0.15) is 12.5 Å². The molecule has 0 atom stereocenters. The number of aliphatic imine (C=N–C) groups is 1. The zero-order valence-electron chi connectivity index (χ0n) is 14.7. The number of carbonyl (C=O) groups is 1. The molecule has 3 rings (SSSR count). The Morgan fingerprint density at radius 2 is 1.76 bits per heavy atom. The molecule has 2 aromatic rings. The van der Waals surface area contributed by atoms with E-state index in [9.17, 15) is 13.2 Å². The molecule has 2 aromatic carbocycles. The maximum absolute atomic E-state index is 12.7. The molecule has 29 heavy (non-hydrogen) atoms. The third-order valence-corrected chi connectivity index (χ3v) is 7.56. The van der Waals surface area contributed by atoms with Crippen LogP contribution < -0.4 is 4.72 Å². The van der Waals surface area contributed by atoms with Crippen LogP contribution in [0.4, 0.5) is 0 Å². The first-order valence-corrected chi connectivity index (χ1v) is 11.5. The summed E-state index contributed by atoms with van der Waals surface area (Å²) in [5.74, 6) is -0.899. The Labute approximate surface area is 191 Å². The van der Waals surface area contributed by atoms with Crippen molar-refractivity contribution < 1.29 is 13.2 Å². The van der Waals surface area contributed by atoms with Gasteiger partial charge in [0, 0.05) is 10.0 Å². The number of hydrogen-bond donors (Lipinski definition) is 1. The van der Waals surface area contributed by atoms with Gasteiger partial charge in [-0.3, -0.25) is 4.79 Å². The van der Waals surface area contributed by atoms with Gasteiger partial charge in [0.05, 0.1) is 20.8 Å². The second kappa shape index (κ2) is 8.62. The van der Waals surface area contributed by atoms with Crippen molar-refractivity contribution >= 4 is 72.4 Å². The van der Waals surface area contributed by atoms with Crippen LogP contribution in [0.5, 0.6) is 0 Å². The molecule has 150 valence electrons.